The van der Waals surface area contributed by atoms with Crippen molar-refractivity contribution in [2.45, 2.75) is 25.2 Å². The van der Waals surface area contributed by atoms with Crippen LogP contribution in [0.4, 0.5) is 5.82 Å². The number of hydrogen-bond donors (Lipinski definition) is 0. The smallest absolute Gasteiger partial charge is 0.266 e. The van der Waals surface area contributed by atoms with E-state index in [9.17, 15) is 13.2 Å². The van der Waals surface area contributed by atoms with Crippen LogP contribution in [0.15, 0.2) is 47.4 Å². The number of methoxy groups -OCH3 is 1. The Morgan fingerprint density at radius 3 is 2.55 bits per heavy atom. The van der Waals surface area contributed by atoms with Crippen molar-refractivity contribution in [3.05, 3.63) is 48.0 Å². The van der Waals surface area contributed by atoms with Crippen LogP contribution in [0.25, 0.3) is 0 Å². The van der Waals surface area contributed by atoms with E-state index in [-0.39, 0.29) is 29.6 Å². The summed E-state index contributed by atoms with van der Waals surface area (Å²) >= 11 is 0. The summed E-state index contributed by atoms with van der Waals surface area (Å²) in [7, 11) is -2.64. The summed E-state index contributed by atoms with van der Waals surface area (Å²) in [6.07, 6.45) is 0.168. The van der Waals surface area contributed by atoms with Gasteiger partial charge in [-0.1, -0.05) is 24.3 Å². The highest BCUT2D eigenvalue weighted by Gasteiger charge is 2.30. The van der Waals surface area contributed by atoms with Crippen molar-refractivity contribution in [3.63, 3.8) is 0 Å². The molecule has 0 bridgehead atoms. The average molecular weight is 417 g/mol. The molecule has 9 heteroatoms. The van der Waals surface area contributed by atoms with Crippen molar-refractivity contribution < 1.29 is 17.9 Å². The zero-order valence-electron chi connectivity index (χ0n) is 16.7. The number of ether oxygens (including phenoxy) is 1. The van der Waals surface area contributed by atoms with Crippen LogP contribution in [0.2, 0.25) is 0 Å². The van der Waals surface area contributed by atoms with Gasteiger partial charge in [-0.2, -0.15) is 10.2 Å². The Morgan fingerprint density at radius 2 is 1.93 bits per heavy atom. The Bertz CT molecular complexity index is 1000. The molecule has 1 heterocycles. The number of carbonyl (C=O) groups excluding carboxylic acids is 1. The number of nitriles is 1. The molecule has 8 nitrogen and oxygen atoms in total. The molecule has 0 aliphatic heterocycles. The lowest BCUT2D eigenvalue weighted by atomic mass is 10.2. The number of benzene rings is 1. The molecule has 29 heavy (non-hydrogen) atoms. The molecule has 0 saturated carbocycles. The SMILES string of the molecule is CCN(CCC#N)C(=O)CN(c1cccc(OC)n1)S(=O)(=O)c1ccccc1C. The number of aromatic nitrogens is 1. The van der Waals surface area contributed by atoms with Crippen molar-refractivity contribution in [2.24, 2.45) is 0 Å². The molecule has 0 fully saturated rings. The lowest BCUT2D eigenvalue weighted by molar-refractivity contribution is -0.129. The van der Waals surface area contributed by atoms with Gasteiger partial charge in [0.15, 0.2) is 0 Å². The predicted octanol–water partition coefficient (Wildman–Crippen LogP) is 2.36. The van der Waals surface area contributed by atoms with Gasteiger partial charge in [0.05, 0.1) is 24.5 Å². The van der Waals surface area contributed by atoms with Crippen LogP contribution in [-0.4, -0.2) is 51.0 Å². The molecule has 0 N–H and O–H groups in total. The molecule has 0 unspecified atom stereocenters. The van der Waals surface area contributed by atoms with Crippen LogP contribution < -0.4 is 9.04 Å². The molecule has 0 aliphatic carbocycles. The number of carbonyl (C=O) groups is 1. The van der Waals surface area contributed by atoms with Gasteiger partial charge in [0.25, 0.3) is 10.0 Å². The second-order valence-electron chi connectivity index (χ2n) is 6.20. The van der Waals surface area contributed by atoms with Crippen molar-refractivity contribution in [1.82, 2.24) is 9.88 Å². The Hall–Kier alpha value is -3.12. The maximum absolute atomic E-state index is 13.4. The molecular weight excluding hydrogens is 392 g/mol. The average Bonchev–Trinajstić information content (AvgIpc) is 2.72. The monoisotopic (exact) mass is 416 g/mol. The second kappa shape index (κ2) is 9.89. The van der Waals surface area contributed by atoms with Gasteiger partial charge in [0.1, 0.15) is 12.4 Å². The third kappa shape index (κ3) is 5.23. The quantitative estimate of drug-likeness (QED) is 0.622. The summed E-state index contributed by atoms with van der Waals surface area (Å²) in [6.45, 7) is 3.63. The summed E-state index contributed by atoms with van der Waals surface area (Å²) in [5.74, 6) is -0.0985. The molecule has 1 aromatic heterocycles. The first-order valence-electron chi connectivity index (χ1n) is 9.09. The first-order valence-corrected chi connectivity index (χ1v) is 10.5. The fourth-order valence-electron chi connectivity index (χ4n) is 2.78. The molecule has 0 saturated heterocycles. The number of sulfonamides is 1. The first-order chi connectivity index (χ1) is 13.8. The van der Waals surface area contributed by atoms with Crippen LogP contribution in [0.5, 0.6) is 5.88 Å². The van der Waals surface area contributed by atoms with E-state index in [0.717, 1.165) is 4.31 Å². The minimum absolute atomic E-state index is 0.0808. The number of hydrogen-bond acceptors (Lipinski definition) is 6. The summed E-state index contributed by atoms with van der Waals surface area (Å²) in [5, 5.41) is 8.80. The number of aryl methyl sites for hydroxylation is 1. The summed E-state index contributed by atoms with van der Waals surface area (Å²) in [6, 6.07) is 13.3. The molecule has 1 aromatic carbocycles. The van der Waals surface area contributed by atoms with Crippen molar-refractivity contribution in [3.8, 4) is 11.9 Å². The minimum atomic E-state index is -4.06. The molecule has 2 aromatic rings. The van der Waals surface area contributed by atoms with E-state index in [1.165, 1.54) is 24.1 Å². The van der Waals surface area contributed by atoms with E-state index in [1.807, 2.05) is 6.07 Å². The highest BCUT2D eigenvalue weighted by Crippen LogP contribution is 2.26. The molecule has 2 rings (SSSR count). The molecule has 154 valence electrons. The fraction of sp³-hybridized carbons (Fsp3) is 0.350. The lowest BCUT2D eigenvalue weighted by Crippen LogP contribution is -2.43. The molecule has 0 aliphatic rings. The van der Waals surface area contributed by atoms with E-state index < -0.39 is 22.5 Å². The maximum Gasteiger partial charge on any atom is 0.266 e. The van der Waals surface area contributed by atoms with Gasteiger partial charge in [-0.25, -0.2) is 12.7 Å². The summed E-state index contributed by atoms with van der Waals surface area (Å²) < 4.78 is 33.0. The highest BCUT2D eigenvalue weighted by atomic mass is 32.2. The van der Waals surface area contributed by atoms with Crippen molar-refractivity contribution >= 4 is 21.7 Å². The third-order valence-electron chi connectivity index (χ3n) is 4.34. The normalized spacial score (nSPS) is 10.8. The molecule has 0 atom stereocenters. The molecule has 1 amide bonds. The number of pyridine rings is 1. The topological polar surface area (TPSA) is 104 Å². The van der Waals surface area contributed by atoms with Crippen LogP contribution >= 0.6 is 0 Å². The number of likely N-dealkylation sites (N-methyl/N-ethyl adjacent to an activating group) is 1. The van der Waals surface area contributed by atoms with Gasteiger partial charge in [-0.15, -0.1) is 0 Å². The van der Waals surface area contributed by atoms with Crippen LogP contribution in [0, 0.1) is 18.3 Å². The largest absolute Gasteiger partial charge is 0.481 e. The Labute approximate surface area is 171 Å². The zero-order valence-corrected chi connectivity index (χ0v) is 17.5. The van der Waals surface area contributed by atoms with E-state index >= 15 is 0 Å². The van der Waals surface area contributed by atoms with E-state index in [4.69, 9.17) is 10.00 Å². The second-order valence-corrected chi connectivity index (χ2v) is 8.03. The Kier molecular flexibility index (Phi) is 7.56. The van der Waals surface area contributed by atoms with Gasteiger partial charge in [-0.3, -0.25) is 4.79 Å². The minimum Gasteiger partial charge on any atom is -0.481 e. The first kappa shape index (κ1) is 22.2. The zero-order chi connectivity index (χ0) is 21.4. The highest BCUT2D eigenvalue weighted by molar-refractivity contribution is 7.93. The van der Waals surface area contributed by atoms with Gasteiger partial charge in [-0.05, 0) is 31.5 Å². The van der Waals surface area contributed by atoms with Gasteiger partial charge < -0.3 is 9.64 Å². The van der Waals surface area contributed by atoms with E-state index in [1.54, 1.807) is 44.2 Å². The van der Waals surface area contributed by atoms with Gasteiger partial charge >= 0.3 is 0 Å². The maximum atomic E-state index is 13.4. The van der Waals surface area contributed by atoms with Crippen LogP contribution in [0.3, 0.4) is 0 Å². The van der Waals surface area contributed by atoms with Gasteiger partial charge in [0.2, 0.25) is 11.8 Å². The summed E-state index contributed by atoms with van der Waals surface area (Å²) in [5.41, 5.74) is 0.560. The molecule has 0 radical (unpaired) electrons. The third-order valence-corrected chi connectivity index (χ3v) is 6.25. The van der Waals surface area contributed by atoms with Crippen LogP contribution in [-0.2, 0) is 14.8 Å². The number of anilines is 1. The molecular formula is C20H24N4O4S. The number of rotatable bonds is 9. The Balaban J connectivity index is 2.50. The lowest BCUT2D eigenvalue weighted by Gasteiger charge is -2.27. The standard InChI is InChI=1S/C20H24N4O4S/c1-4-23(14-8-13-21)20(25)15-24(18-11-7-12-19(22-18)28-3)29(26,27)17-10-6-5-9-16(17)2/h5-7,9-12H,4,8,14-15H2,1-3H3. The summed E-state index contributed by atoms with van der Waals surface area (Å²) in [4.78, 5) is 18.6. The van der Waals surface area contributed by atoms with Gasteiger partial charge in [0, 0.05) is 19.2 Å². The van der Waals surface area contributed by atoms with E-state index in [2.05, 4.69) is 4.98 Å². The fourth-order valence-corrected chi connectivity index (χ4v) is 4.37. The molecule has 0 spiro atoms. The van der Waals surface area contributed by atoms with Crippen LogP contribution in [0.1, 0.15) is 18.9 Å². The van der Waals surface area contributed by atoms with Crippen molar-refractivity contribution in [1.29, 1.82) is 5.26 Å². The predicted molar refractivity (Wildman–Crippen MR) is 109 cm³/mol. The van der Waals surface area contributed by atoms with E-state index in [0.29, 0.717) is 12.1 Å². The number of amides is 1. The Morgan fingerprint density at radius 1 is 1.21 bits per heavy atom. The number of nitrogens with zero attached hydrogens (tertiary/aromatic N) is 4. The van der Waals surface area contributed by atoms with Crippen molar-refractivity contribution in [2.75, 3.05) is 31.0 Å².